The molecule has 1 N–H and O–H groups in total. The van der Waals surface area contributed by atoms with Gasteiger partial charge in [-0.25, -0.2) is 0 Å². The van der Waals surface area contributed by atoms with E-state index in [-0.39, 0.29) is 5.91 Å². The molecule has 1 heterocycles. The number of fused-ring (bicyclic) bond motifs is 3. The summed E-state index contributed by atoms with van der Waals surface area (Å²) in [5.41, 5.74) is 4.16. The summed E-state index contributed by atoms with van der Waals surface area (Å²) in [5.74, 6) is -2.91. The number of anilines is 1. The molecule has 4 rings (SSSR count). The van der Waals surface area contributed by atoms with Crippen molar-refractivity contribution in [3.05, 3.63) is 53.6 Å². The van der Waals surface area contributed by atoms with E-state index in [0.717, 1.165) is 27.5 Å². The number of hydrogen-bond acceptors (Lipinski definition) is 4. The average molecular weight is 362 g/mol. The van der Waals surface area contributed by atoms with E-state index >= 15 is 0 Å². The zero-order valence-corrected chi connectivity index (χ0v) is 15.2. The molecule has 0 saturated carbocycles. The molecule has 138 valence electrons. The first-order valence-corrected chi connectivity index (χ1v) is 9.02. The summed E-state index contributed by atoms with van der Waals surface area (Å²) in [5, 5.41) is 16.4. The standard InChI is InChI=1S/C22H21NO4/c1-12-9-17(18(22(25)26)10-13(12)2)21(24)23-14-7-8-16-15-5-3-4-6-19(15)27-20(16)11-14/h3-8,11,17-18H,9-10H2,1-2H3,(H,23,24)(H,25,26)/p-1/t17-,18+/m0/s1. The summed E-state index contributed by atoms with van der Waals surface area (Å²) in [7, 11) is 0. The molecule has 1 aliphatic carbocycles. The van der Waals surface area contributed by atoms with Gasteiger partial charge < -0.3 is 19.6 Å². The van der Waals surface area contributed by atoms with Crippen molar-refractivity contribution in [3.8, 4) is 0 Å². The van der Waals surface area contributed by atoms with E-state index in [1.54, 1.807) is 6.07 Å². The maximum atomic E-state index is 12.8. The second-order valence-corrected chi connectivity index (χ2v) is 7.30. The Bertz CT molecular complexity index is 1090. The Morgan fingerprint density at radius 1 is 0.963 bits per heavy atom. The average Bonchev–Trinajstić information content (AvgIpc) is 3.01. The summed E-state index contributed by atoms with van der Waals surface area (Å²) in [6.45, 7) is 3.86. The van der Waals surface area contributed by atoms with Gasteiger partial charge in [0.2, 0.25) is 5.91 Å². The van der Waals surface area contributed by atoms with Crippen LogP contribution < -0.4 is 10.4 Å². The lowest BCUT2D eigenvalue weighted by molar-refractivity contribution is -0.313. The van der Waals surface area contributed by atoms with Gasteiger partial charge in [0.25, 0.3) is 0 Å². The minimum Gasteiger partial charge on any atom is -0.550 e. The number of carbonyl (C=O) groups is 2. The lowest BCUT2D eigenvalue weighted by Gasteiger charge is -2.32. The van der Waals surface area contributed by atoms with Crippen molar-refractivity contribution in [2.75, 3.05) is 5.32 Å². The summed E-state index contributed by atoms with van der Waals surface area (Å²) >= 11 is 0. The molecule has 0 radical (unpaired) electrons. The van der Waals surface area contributed by atoms with Crippen LogP contribution in [0.4, 0.5) is 5.69 Å². The molecule has 0 spiro atoms. The molecule has 5 nitrogen and oxygen atoms in total. The van der Waals surface area contributed by atoms with Crippen LogP contribution in [0, 0.1) is 11.8 Å². The molecule has 0 saturated heterocycles. The number of carboxylic acid groups (broad SMARTS) is 1. The number of carboxylic acids is 1. The van der Waals surface area contributed by atoms with Crippen LogP contribution in [-0.2, 0) is 9.59 Å². The zero-order valence-electron chi connectivity index (χ0n) is 15.2. The molecule has 0 bridgehead atoms. The Balaban J connectivity index is 1.62. The maximum Gasteiger partial charge on any atom is 0.228 e. The van der Waals surface area contributed by atoms with Gasteiger partial charge in [0.1, 0.15) is 11.2 Å². The molecule has 5 heteroatoms. The predicted molar refractivity (Wildman–Crippen MR) is 102 cm³/mol. The number of hydrogen-bond donors (Lipinski definition) is 1. The van der Waals surface area contributed by atoms with E-state index in [2.05, 4.69) is 5.32 Å². The Morgan fingerprint density at radius 3 is 2.37 bits per heavy atom. The van der Waals surface area contributed by atoms with Gasteiger partial charge in [-0.1, -0.05) is 29.3 Å². The molecule has 0 fully saturated rings. The van der Waals surface area contributed by atoms with Crippen LogP contribution in [0.3, 0.4) is 0 Å². The van der Waals surface area contributed by atoms with E-state index < -0.39 is 17.8 Å². The van der Waals surface area contributed by atoms with Crippen LogP contribution in [0.2, 0.25) is 0 Å². The highest BCUT2D eigenvalue weighted by Gasteiger charge is 2.33. The molecule has 0 unspecified atom stereocenters. The van der Waals surface area contributed by atoms with Crippen molar-refractivity contribution in [2.45, 2.75) is 26.7 Å². The highest BCUT2D eigenvalue weighted by molar-refractivity contribution is 6.06. The fourth-order valence-corrected chi connectivity index (χ4v) is 3.85. The second kappa shape index (κ2) is 6.58. The quantitative estimate of drug-likeness (QED) is 0.721. The van der Waals surface area contributed by atoms with Gasteiger partial charge in [0.05, 0.1) is 5.92 Å². The topological polar surface area (TPSA) is 82.4 Å². The number of nitrogens with one attached hydrogen (secondary N) is 1. The Kier molecular flexibility index (Phi) is 4.22. The summed E-state index contributed by atoms with van der Waals surface area (Å²) in [4.78, 5) is 24.3. The number of rotatable bonds is 3. The third-order valence-electron chi connectivity index (χ3n) is 5.55. The first-order valence-electron chi connectivity index (χ1n) is 9.02. The van der Waals surface area contributed by atoms with Crippen LogP contribution in [0.15, 0.2) is 58.0 Å². The van der Waals surface area contributed by atoms with E-state index in [0.29, 0.717) is 24.1 Å². The molecule has 27 heavy (non-hydrogen) atoms. The molecule has 1 amide bonds. The van der Waals surface area contributed by atoms with Crippen molar-refractivity contribution < 1.29 is 19.1 Å². The van der Waals surface area contributed by atoms with Gasteiger partial charge >= 0.3 is 0 Å². The largest absolute Gasteiger partial charge is 0.550 e. The molecule has 0 aliphatic heterocycles. The zero-order chi connectivity index (χ0) is 19.1. The molecular weight excluding hydrogens is 342 g/mol. The van der Waals surface area contributed by atoms with Crippen molar-refractivity contribution in [1.29, 1.82) is 0 Å². The van der Waals surface area contributed by atoms with Crippen molar-refractivity contribution >= 4 is 39.5 Å². The smallest absolute Gasteiger partial charge is 0.228 e. The van der Waals surface area contributed by atoms with Crippen LogP contribution in [0.25, 0.3) is 21.9 Å². The predicted octanol–water partition coefficient (Wildman–Crippen LogP) is 3.64. The number of benzene rings is 2. The third kappa shape index (κ3) is 3.10. The minimum atomic E-state index is -1.17. The van der Waals surface area contributed by atoms with Crippen molar-refractivity contribution in [2.24, 2.45) is 11.8 Å². The Labute approximate surface area is 156 Å². The monoisotopic (exact) mass is 362 g/mol. The molecule has 2 aromatic carbocycles. The Hall–Kier alpha value is -3.08. The van der Waals surface area contributed by atoms with E-state index in [9.17, 15) is 14.7 Å². The van der Waals surface area contributed by atoms with Gasteiger partial charge in [-0.2, -0.15) is 0 Å². The van der Waals surface area contributed by atoms with Gasteiger partial charge in [-0.15, -0.1) is 0 Å². The summed E-state index contributed by atoms with van der Waals surface area (Å²) in [6.07, 6.45) is 0.790. The van der Waals surface area contributed by atoms with Gasteiger partial charge in [-0.05, 0) is 44.9 Å². The highest BCUT2D eigenvalue weighted by atomic mass is 16.4. The third-order valence-corrected chi connectivity index (χ3v) is 5.55. The summed E-state index contributed by atoms with van der Waals surface area (Å²) in [6, 6.07) is 13.2. The van der Waals surface area contributed by atoms with Crippen LogP contribution >= 0.6 is 0 Å². The number of allylic oxidation sites excluding steroid dienone is 2. The number of para-hydroxylation sites is 1. The van der Waals surface area contributed by atoms with E-state index in [1.807, 2.05) is 50.2 Å². The first kappa shape index (κ1) is 17.3. The summed E-state index contributed by atoms with van der Waals surface area (Å²) < 4.78 is 5.85. The first-order chi connectivity index (χ1) is 12.9. The molecule has 3 aromatic rings. The Morgan fingerprint density at radius 2 is 1.63 bits per heavy atom. The minimum absolute atomic E-state index is 0.300. The molecule has 2 atom stereocenters. The number of furan rings is 1. The van der Waals surface area contributed by atoms with Gasteiger partial charge in [0, 0.05) is 34.4 Å². The van der Waals surface area contributed by atoms with E-state index in [1.165, 1.54) is 0 Å². The lowest BCUT2D eigenvalue weighted by Crippen LogP contribution is -2.42. The van der Waals surface area contributed by atoms with Crippen molar-refractivity contribution in [1.82, 2.24) is 0 Å². The normalized spacial score (nSPS) is 20.2. The SMILES string of the molecule is CC1=C(C)C[C@@H](C(=O)[O-])[C@@H](C(=O)Nc2ccc3c(c2)oc2ccccc23)C1. The van der Waals surface area contributed by atoms with Crippen molar-refractivity contribution in [3.63, 3.8) is 0 Å². The highest BCUT2D eigenvalue weighted by Crippen LogP contribution is 2.35. The van der Waals surface area contributed by atoms with Gasteiger partial charge in [-0.3, -0.25) is 4.79 Å². The number of aliphatic carboxylic acids is 1. The lowest BCUT2D eigenvalue weighted by atomic mass is 9.76. The van der Waals surface area contributed by atoms with Crippen LogP contribution in [-0.4, -0.2) is 11.9 Å². The van der Waals surface area contributed by atoms with Crippen LogP contribution in [0.1, 0.15) is 26.7 Å². The second-order valence-electron chi connectivity index (χ2n) is 7.30. The molecule has 1 aliphatic rings. The molecule has 1 aromatic heterocycles. The van der Waals surface area contributed by atoms with E-state index in [4.69, 9.17) is 4.42 Å². The fraction of sp³-hybridized carbons (Fsp3) is 0.273. The van der Waals surface area contributed by atoms with Gasteiger partial charge in [0.15, 0.2) is 0 Å². The maximum absolute atomic E-state index is 12.8. The number of amides is 1. The number of carbonyl (C=O) groups excluding carboxylic acids is 2. The fourth-order valence-electron chi connectivity index (χ4n) is 3.85. The molecular formula is C22H20NO4-. The van der Waals surface area contributed by atoms with Crippen LogP contribution in [0.5, 0.6) is 0 Å².